The van der Waals surface area contributed by atoms with Gasteiger partial charge in [0.25, 0.3) is 0 Å². The highest BCUT2D eigenvalue weighted by molar-refractivity contribution is 6.31. The van der Waals surface area contributed by atoms with Gasteiger partial charge in [0.1, 0.15) is 5.82 Å². The number of rotatable bonds is 6. The highest BCUT2D eigenvalue weighted by atomic mass is 35.5. The highest BCUT2D eigenvalue weighted by Crippen LogP contribution is 2.23. The molecule has 2 rings (SSSR count). The molecule has 1 unspecified atom stereocenters. The Hall–Kier alpha value is -1.52. The van der Waals surface area contributed by atoms with Crippen LogP contribution in [0.4, 0.5) is 4.39 Å². The van der Waals surface area contributed by atoms with Crippen molar-refractivity contribution in [3.63, 3.8) is 0 Å². The molecule has 1 N–H and O–H groups in total. The quantitative estimate of drug-likeness (QED) is 0.885. The summed E-state index contributed by atoms with van der Waals surface area (Å²) in [6.45, 7) is 2.95. The lowest BCUT2D eigenvalue weighted by Crippen LogP contribution is -2.25. The summed E-state index contributed by atoms with van der Waals surface area (Å²) >= 11 is 6.13. The first-order valence-electron chi connectivity index (χ1n) is 6.64. The van der Waals surface area contributed by atoms with E-state index in [4.69, 9.17) is 11.6 Å². The van der Waals surface area contributed by atoms with Crippen molar-refractivity contribution in [1.82, 2.24) is 15.3 Å². The predicted octanol–water partition coefficient (Wildman–Crippen LogP) is 3.55. The molecule has 0 spiro atoms. The molecule has 0 bridgehead atoms. The molecule has 106 valence electrons. The molecule has 1 aromatic heterocycles. The first kappa shape index (κ1) is 14.9. The van der Waals surface area contributed by atoms with Crippen LogP contribution in [0.3, 0.4) is 0 Å². The lowest BCUT2D eigenvalue weighted by atomic mass is 10.0. The van der Waals surface area contributed by atoms with E-state index in [1.165, 1.54) is 12.1 Å². The maximum atomic E-state index is 13.3. The fourth-order valence-corrected chi connectivity index (χ4v) is 2.20. The summed E-state index contributed by atoms with van der Waals surface area (Å²) in [7, 11) is 0. The number of benzene rings is 1. The van der Waals surface area contributed by atoms with Crippen molar-refractivity contribution in [2.75, 3.05) is 6.54 Å². The number of hydrogen-bond acceptors (Lipinski definition) is 3. The van der Waals surface area contributed by atoms with Crippen molar-refractivity contribution in [3.8, 4) is 0 Å². The van der Waals surface area contributed by atoms with Crippen LogP contribution in [0.25, 0.3) is 0 Å². The minimum Gasteiger partial charge on any atom is -0.308 e. The van der Waals surface area contributed by atoms with Gasteiger partial charge < -0.3 is 5.32 Å². The molecule has 0 fully saturated rings. The Morgan fingerprint density at radius 3 is 2.90 bits per heavy atom. The molecule has 1 atom stereocenters. The van der Waals surface area contributed by atoms with Crippen molar-refractivity contribution in [1.29, 1.82) is 0 Å². The second-order valence-electron chi connectivity index (χ2n) is 4.58. The number of nitrogens with one attached hydrogen (secondary N) is 1. The Balaban J connectivity index is 2.21. The molecule has 0 aliphatic carbocycles. The predicted molar refractivity (Wildman–Crippen MR) is 78.2 cm³/mol. The Morgan fingerprint density at radius 1 is 1.35 bits per heavy atom. The third-order valence-corrected chi connectivity index (χ3v) is 3.38. The van der Waals surface area contributed by atoms with Gasteiger partial charge in [0.2, 0.25) is 0 Å². The molecule has 5 heteroatoms. The van der Waals surface area contributed by atoms with Gasteiger partial charge in [-0.1, -0.05) is 18.5 Å². The maximum absolute atomic E-state index is 13.3. The maximum Gasteiger partial charge on any atom is 0.123 e. The van der Waals surface area contributed by atoms with Gasteiger partial charge in [-0.15, -0.1) is 0 Å². The molecular weight excluding hydrogens is 277 g/mol. The van der Waals surface area contributed by atoms with Crippen LogP contribution in [0.2, 0.25) is 5.02 Å². The molecule has 0 aliphatic heterocycles. The zero-order chi connectivity index (χ0) is 14.4. The third kappa shape index (κ3) is 3.99. The SMILES string of the molecule is CCCNC(Cc1cc(F)ccc1Cl)c1cnccn1. The van der Waals surface area contributed by atoms with Crippen LogP contribution in [0.15, 0.2) is 36.8 Å². The van der Waals surface area contributed by atoms with Gasteiger partial charge in [0.05, 0.1) is 11.7 Å². The second kappa shape index (κ2) is 7.31. The summed E-state index contributed by atoms with van der Waals surface area (Å²) < 4.78 is 13.3. The summed E-state index contributed by atoms with van der Waals surface area (Å²) in [5.41, 5.74) is 1.60. The zero-order valence-corrected chi connectivity index (χ0v) is 12.1. The van der Waals surface area contributed by atoms with E-state index in [0.717, 1.165) is 24.2 Å². The van der Waals surface area contributed by atoms with Gasteiger partial charge in [0, 0.05) is 23.6 Å². The van der Waals surface area contributed by atoms with Crippen LogP contribution < -0.4 is 5.32 Å². The minimum atomic E-state index is -0.280. The second-order valence-corrected chi connectivity index (χ2v) is 4.98. The molecular formula is C15H17ClFN3. The van der Waals surface area contributed by atoms with Crippen LogP contribution in [-0.2, 0) is 6.42 Å². The lowest BCUT2D eigenvalue weighted by molar-refractivity contribution is 0.514. The Kier molecular flexibility index (Phi) is 5.44. The van der Waals surface area contributed by atoms with Gasteiger partial charge in [-0.3, -0.25) is 9.97 Å². The number of nitrogens with zero attached hydrogens (tertiary/aromatic N) is 2. The lowest BCUT2D eigenvalue weighted by Gasteiger charge is -2.18. The standard InChI is InChI=1S/C15H17ClFN3/c1-2-5-19-14(15-10-18-6-7-20-15)9-11-8-12(17)3-4-13(11)16/h3-4,6-8,10,14,19H,2,5,9H2,1H3. The smallest absolute Gasteiger partial charge is 0.123 e. The van der Waals surface area contributed by atoms with Crippen molar-refractivity contribution in [3.05, 3.63) is 58.9 Å². The van der Waals surface area contributed by atoms with E-state index in [1.807, 2.05) is 0 Å². The van der Waals surface area contributed by atoms with Gasteiger partial charge in [-0.25, -0.2) is 4.39 Å². The molecule has 0 radical (unpaired) electrons. The minimum absolute atomic E-state index is 0.0250. The Bertz CT molecular complexity index is 548. The van der Waals surface area contributed by atoms with Gasteiger partial charge in [-0.05, 0) is 43.1 Å². The van der Waals surface area contributed by atoms with Gasteiger partial charge in [0.15, 0.2) is 0 Å². The van der Waals surface area contributed by atoms with E-state index in [0.29, 0.717) is 11.4 Å². The topological polar surface area (TPSA) is 37.8 Å². The number of hydrogen-bond donors (Lipinski definition) is 1. The van der Waals surface area contributed by atoms with Gasteiger partial charge >= 0.3 is 0 Å². The first-order chi connectivity index (χ1) is 9.70. The fourth-order valence-electron chi connectivity index (χ4n) is 2.01. The summed E-state index contributed by atoms with van der Waals surface area (Å²) in [4.78, 5) is 8.40. The number of halogens is 2. The molecule has 0 saturated carbocycles. The Labute approximate surface area is 123 Å². The largest absolute Gasteiger partial charge is 0.308 e. The van der Waals surface area contributed by atoms with E-state index in [2.05, 4.69) is 22.2 Å². The fraction of sp³-hybridized carbons (Fsp3) is 0.333. The Morgan fingerprint density at radius 2 is 2.20 bits per heavy atom. The third-order valence-electron chi connectivity index (χ3n) is 3.01. The molecule has 0 aliphatic rings. The molecule has 2 aromatic rings. The van der Waals surface area contributed by atoms with E-state index >= 15 is 0 Å². The van der Waals surface area contributed by atoms with Crippen molar-refractivity contribution < 1.29 is 4.39 Å². The molecule has 3 nitrogen and oxygen atoms in total. The van der Waals surface area contributed by atoms with E-state index in [9.17, 15) is 4.39 Å². The molecule has 1 heterocycles. The van der Waals surface area contributed by atoms with Crippen LogP contribution in [-0.4, -0.2) is 16.5 Å². The van der Waals surface area contributed by atoms with Crippen molar-refractivity contribution in [2.24, 2.45) is 0 Å². The zero-order valence-electron chi connectivity index (χ0n) is 11.3. The average molecular weight is 294 g/mol. The van der Waals surface area contributed by atoms with Crippen LogP contribution in [0.1, 0.15) is 30.6 Å². The van der Waals surface area contributed by atoms with Crippen molar-refractivity contribution in [2.45, 2.75) is 25.8 Å². The highest BCUT2D eigenvalue weighted by Gasteiger charge is 2.15. The summed E-state index contributed by atoms with van der Waals surface area (Å²) in [5, 5.41) is 3.97. The van der Waals surface area contributed by atoms with Gasteiger partial charge in [-0.2, -0.15) is 0 Å². The normalized spacial score (nSPS) is 12.3. The summed E-state index contributed by atoms with van der Waals surface area (Å²) in [5.74, 6) is -0.280. The van der Waals surface area contributed by atoms with Crippen LogP contribution in [0.5, 0.6) is 0 Å². The summed E-state index contributed by atoms with van der Waals surface area (Å²) in [6.07, 6.45) is 6.60. The average Bonchev–Trinajstić information content (AvgIpc) is 2.48. The first-order valence-corrected chi connectivity index (χ1v) is 7.01. The molecule has 20 heavy (non-hydrogen) atoms. The van der Waals surface area contributed by atoms with Crippen molar-refractivity contribution >= 4 is 11.6 Å². The van der Waals surface area contributed by atoms with E-state index < -0.39 is 0 Å². The van der Waals surface area contributed by atoms with E-state index in [-0.39, 0.29) is 11.9 Å². The number of aromatic nitrogens is 2. The molecule has 1 aromatic carbocycles. The summed E-state index contributed by atoms with van der Waals surface area (Å²) in [6, 6.07) is 4.39. The monoisotopic (exact) mass is 293 g/mol. The van der Waals surface area contributed by atoms with E-state index in [1.54, 1.807) is 24.7 Å². The van der Waals surface area contributed by atoms with Crippen LogP contribution >= 0.6 is 11.6 Å². The molecule has 0 amide bonds. The van der Waals surface area contributed by atoms with Crippen LogP contribution in [0, 0.1) is 5.82 Å². The molecule has 0 saturated heterocycles.